The Balaban J connectivity index is 2.10. The first-order chi connectivity index (χ1) is 13.7. The largest absolute Gasteiger partial charge is 0.294 e. The Morgan fingerprint density at radius 1 is 1.17 bits per heavy atom. The molecule has 4 nitrogen and oxygen atoms in total. The number of benzene rings is 2. The van der Waals surface area contributed by atoms with Gasteiger partial charge in [0, 0.05) is 28.0 Å². The van der Waals surface area contributed by atoms with Gasteiger partial charge in [-0.15, -0.1) is 0 Å². The molecule has 0 fully saturated rings. The SMILES string of the molecule is CCC1CCC(=O)C(C(=O)c2ccc(S(C)(=O)=O)cc2Cl)=C1Sc1ccccc1. The van der Waals surface area contributed by atoms with E-state index in [4.69, 9.17) is 11.6 Å². The minimum absolute atomic E-state index is 0.0286. The molecule has 1 unspecified atom stereocenters. The van der Waals surface area contributed by atoms with E-state index in [1.165, 1.54) is 30.0 Å². The summed E-state index contributed by atoms with van der Waals surface area (Å²) in [6.07, 6.45) is 2.92. The lowest BCUT2D eigenvalue weighted by atomic mass is 9.84. The predicted octanol–water partition coefficient (Wildman–Crippen LogP) is 5.36. The van der Waals surface area contributed by atoms with Crippen LogP contribution >= 0.6 is 23.4 Å². The molecule has 1 atom stereocenters. The summed E-state index contributed by atoms with van der Waals surface area (Å²) in [4.78, 5) is 27.9. The van der Waals surface area contributed by atoms with Crippen molar-refractivity contribution in [3.8, 4) is 0 Å². The molecule has 29 heavy (non-hydrogen) atoms. The smallest absolute Gasteiger partial charge is 0.198 e. The van der Waals surface area contributed by atoms with Crippen LogP contribution in [0.5, 0.6) is 0 Å². The van der Waals surface area contributed by atoms with Gasteiger partial charge in [-0.1, -0.05) is 48.5 Å². The highest BCUT2D eigenvalue weighted by atomic mass is 35.5. The van der Waals surface area contributed by atoms with Crippen LogP contribution in [-0.4, -0.2) is 26.2 Å². The van der Waals surface area contributed by atoms with Crippen molar-refractivity contribution in [1.82, 2.24) is 0 Å². The Morgan fingerprint density at radius 2 is 1.86 bits per heavy atom. The van der Waals surface area contributed by atoms with Crippen molar-refractivity contribution in [2.24, 2.45) is 5.92 Å². The molecule has 0 aromatic heterocycles. The van der Waals surface area contributed by atoms with E-state index >= 15 is 0 Å². The highest BCUT2D eigenvalue weighted by Crippen LogP contribution is 2.42. The fourth-order valence-corrected chi connectivity index (χ4v) is 5.61. The summed E-state index contributed by atoms with van der Waals surface area (Å²) in [5.74, 6) is -0.524. The molecule has 3 rings (SSSR count). The number of sulfone groups is 1. The maximum Gasteiger partial charge on any atom is 0.198 e. The molecule has 0 radical (unpaired) electrons. The van der Waals surface area contributed by atoms with E-state index in [-0.39, 0.29) is 32.8 Å². The van der Waals surface area contributed by atoms with Crippen molar-refractivity contribution >= 4 is 44.8 Å². The third-order valence-electron chi connectivity index (χ3n) is 4.92. The lowest BCUT2D eigenvalue weighted by Gasteiger charge is -2.26. The van der Waals surface area contributed by atoms with Gasteiger partial charge in [-0.05, 0) is 49.1 Å². The number of hydrogen-bond acceptors (Lipinski definition) is 5. The van der Waals surface area contributed by atoms with Gasteiger partial charge in [0.15, 0.2) is 21.4 Å². The van der Waals surface area contributed by atoms with Gasteiger partial charge < -0.3 is 0 Å². The van der Waals surface area contributed by atoms with Crippen LogP contribution in [0.15, 0.2) is 68.8 Å². The maximum absolute atomic E-state index is 13.3. The molecule has 0 bridgehead atoms. The first-order valence-corrected chi connectivity index (χ1v) is 12.4. The Hall–Kier alpha value is -1.89. The monoisotopic (exact) mass is 448 g/mol. The predicted molar refractivity (Wildman–Crippen MR) is 116 cm³/mol. The van der Waals surface area contributed by atoms with Gasteiger partial charge >= 0.3 is 0 Å². The molecular weight excluding hydrogens is 428 g/mol. The van der Waals surface area contributed by atoms with Gasteiger partial charge in [0.25, 0.3) is 0 Å². The van der Waals surface area contributed by atoms with E-state index < -0.39 is 15.6 Å². The van der Waals surface area contributed by atoms with E-state index in [0.29, 0.717) is 12.8 Å². The molecule has 0 N–H and O–H groups in total. The Labute approximate surface area is 180 Å². The van der Waals surface area contributed by atoms with Crippen molar-refractivity contribution in [3.05, 3.63) is 69.6 Å². The molecule has 7 heteroatoms. The van der Waals surface area contributed by atoms with Crippen molar-refractivity contribution < 1.29 is 18.0 Å². The van der Waals surface area contributed by atoms with Crippen LogP contribution in [0.4, 0.5) is 0 Å². The molecule has 0 saturated carbocycles. The summed E-state index contributed by atoms with van der Waals surface area (Å²) in [6.45, 7) is 2.04. The summed E-state index contributed by atoms with van der Waals surface area (Å²) in [5, 5.41) is 0.0286. The highest BCUT2D eigenvalue weighted by molar-refractivity contribution is 8.03. The van der Waals surface area contributed by atoms with Gasteiger partial charge in [0.1, 0.15) is 0 Å². The number of carbonyl (C=O) groups is 2. The fraction of sp³-hybridized carbons (Fsp3) is 0.273. The van der Waals surface area contributed by atoms with Crippen LogP contribution in [0.25, 0.3) is 0 Å². The first kappa shape index (κ1) is 21.8. The Kier molecular flexibility index (Phi) is 6.66. The highest BCUT2D eigenvalue weighted by Gasteiger charge is 2.33. The maximum atomic E-state index is 13.3. The number of carbonyl (C=O) groups excluding carboxylic acids is 2. The first-order valence-electron chi connectivity index (χ1n) is 9.27. The standard InChI is InChI=1S/C22H21ClO4S2/c1-3-14-9-12-19(24)20(22(14)28-15-7-5-4-6-8-15)21(25)17-11-10-16(13-18(17)23)29(2,26)27/h4-8,10-11,13-14H,3,9,12H2,1-2H3. The zero-order chi connectivity index (χ0) is 21.2. The van der Waals surface area contributed by atoms with E-state index in [0.717, 1.165) is 22.5 Å². The molecular formula is C22H21ClO4S2. The fourth-order valence-electron chi connectivity index (χ4n) is 3.33. The summed E-state index contributed by atoms with van der Waals surface area (Å²) in [6, 6.07) is 13.6. The molecule has 1 aliphatic carbocycles. The van der Waals surface area contributed by atoms with E-state index in [2.05, 4.69) is 0 Å². The number of thioether (sulfide) groups is 1. The lowest BCUT2D eigenvalue weighted by Crippen LogP contribution is -2.24. The number of rotatable bonds is 6. The Bertz CT molecular complexity index is 1090. The average Bonchev–Trinajstić information content (AvgIpc) is 2.68. The molecule has 0 amide bonds. The summed E-state index contributed by atoms with van der Waals surface area (Å²) < 4.78 is 23.5. The number of hydrogen-bond donors (Lipinski definition) is 0. The van der Waals surface area contributed by atoms with Crippen LogP contribution in [0.2, 0.25) is 5.02 Å². The summed E-state index contributed by atoms with van der Waals surface area (Å²) in [5.41, 5.74) is 0.316. The quantitative estimate of drug-likeness (QED) is 0.439. The minimum atomic E-state index is -3.45. The van der Waals surface area contributed by atoms with Gasteiger partial charge in [0.2, 0.25) is 0 Å². The van der Waals surface area contributed by atoms with Gasteiger partial charge in [-0.3, -0.25) is 9.59 Å². The van der Waals surface area contributed by atoms with Crippen LogP contribution in [0, 0.1) is 5.92 Å². The average molecular weight is 449 g/mol. The van der Waals surface area contributed by atoms with Crippen LogP contribution in [0.3, 0.4) is 0 Å². The molecule has 2 aromatic carbocycles. The molecule has 0 heterocycles. The van der Waals surface area contributed by atoms with E-state index in [1.807, 2.05) is 37.3 Å². The third kappa shape index (κ3) is 4.82. The van der Waals surface area contributed by atoms with E-state index in [1.54, 1.807) is 0 Å². The number of halogens is 1. The number of Topliss-reactive ketones (excluding diaryl/α,β-unsaturated/α-hetero) is 2. The van der Waals surface area contributed by atoms with Gasteiger partial charge in [-0.25, -0.2) is 8.42 Å². The number of allylic oxidation sites excluding steroid dienone is 2. The van der Waals surface area contributed by atoms with E-state index in [9.17, 15) is 18.0 Å². The van der Waals surface area contributed by atoms with Crippen LogP contribution in [0.1, 0.15) is 36.5 Å². The lowest BCUT2D eigenvalue weighted by molar-refractivity contribution is -0.115. The van der Waals surface area contributed by atoms with Gasteiger partial charge in [0.05, 0.1) is 15.5 Å². The second-order valence-corrected chi connectivity index (χ2v) is 10.5. The third-order valence-corrected chi connectivity index (χ3v) is 7.61. The summed E-state index contributed by atoms with van der Waals surface area (Å²) >= 11 is 7.69. The second-order valence-electron chi connectivity index (χ2n) is 6.96. The topological polar surface area (TPSA) is 68.3 Å². The van der Waals surface area contributed by atoms with Crippen molar-refractivity contribution in [1.29, 1.82) is 0 Å². The number of ketones is 2. The van der Waals surface area contributed by atoms with Crippen LogP contribution in [-0.2, 0) is 14.6 Å². The van der Waals surface area contributed by atoms with Gasteiger partial charge in [-0.2, -0.15) is 0 Å². The normalized spacial score (nSPS) is 17.5. The second kappa shape index (κ2) is 8.86. The minimum Gasteiger partial charge on any atom is -0.294 e. The molecule has 1 aliphatic rings. The van der Waals surface area contributed by atoms with Crippen molar-refractivity contribution in [3.63, 3.8) is 0 Å². The zero-order valence-electron chi connectivity index (χ0n) is 16.1. The Morgan fingerprint density at radius 3 is 2.45 bits per heavy atom. The van der Waals surface area contributed by atoms with Crippen molar-refractivity contribution in [2.45, 2.75) is 36.0 Å². The van der Waals surface area contributed by atoms with Crippen molar-refractivity contribution in [2.75, 3.05) is 6.26 Å². The summed E-state index contributed by atoms with van der Waals surface area (Å²) in [7, 11) is -3.45. The molecule has 152 valence electrons. The van der Waals surface area contributed by atoms with Crippen LogP contribution < -0.4 is 0 Å². The molecule has 0 aliphatic heterocycles. The molecule has 2 aromatic rings. The molecule has 0 saturated heterocycles. The zero-order valence-corrected chi connectivity index (χ0v) is 18.5. The molecule has 0 spiro atoms.